The van der Waals surface area contributed by atoms with E-state index >= 15 is 0 Å². The van der Waals surface area contributed by atoms with Crippen molar-refractivity contribution in [2.24, 2.45) is 0 Å². The van der Waals surface area contributed by atoms with Crippen LogP contribution in [0, 0.1) is 0 Å². The summed E-state index contributed by atoms with van der Waals surface area (Å²) in [6.45, 7) is 0. The Bertz CT molecular complexity index is 3000. The minimum Gasteiger partial charge on any atom is -0.456 e. The molecule has 0 radical (unpaired) electrons. The predicted molar refractivity (Wildman–Crippen MR) is 237 cm³/mol. The average molecular weight is 728 g/mol. The lowest BCUT2D eigenvalue weighted by atomic mass is 9.68. The molecule has 0 saturated heterocycles. The molecule has 11 rings (SSSR count). The number of anilines is 3. The van der Waals surface area contributed by atoms with Crippen molar-refractivity contribution in [1.82, 2.24) is 0 Å². The molecule has 0 N–H and O–H groups in total. The van der Waals surface area contributed by atoms with E-state index in [9.17, 15) is 0 Å². The monoisotopic (exact) mass is 727 g/mol. The van der Waals surface area contributed by atoms with Crippen LogP contribution in [-0.2, 0) is 5.41 Å². The van der Waals surface area contributed by atoms with Crippen molar-refractivity contribution in [3.63, 3.8) is 0 Å². The zero-order valence-electron chi connectivity index (χ0n) is 31.2. The van der Waals surface area contributed by atoms with E-state index in [1.54, 1.807) is 0 Å². The van der Waals surface area contributed by atoms with E-state index < -0.39 is 5.41 Å². The second-order valence-electron chi connectivity index (χ2n) is 14.8. The Morgan fingerprint density at radius 3 is 1.58 bits per heavy atom. The minimum atomic E-state index is -0.518. The fraction of sp³-hybridized carbons (Fsp3) is 0.0182. The summed E-state index contributed by atoms with van der Waals surface area (Å²) in [5, 5.41) is 2.17. The molecule has 0 atom stereocenters. The van der Waals surface area contributed by atoms with Crippen molar-refractivity contribution in [3.8, 4) is 33.4 Å². The van der Waals surface area contributed by atoms with E-state index in [0.717, 1.165) is 44.6 Å². The van der Waals surface area contributed by atoms with Gasteiger partial charge in [-0.3, -0.25) is 0 Å². The topological polar surface area (TPSA) is 16.4 Å². The van der Waals surface area contributed by atoms with Crippen LogP contribution in [0.1, 0.15) is 22.3 Å². The summed E-state index contributed by atoms with van der Waals surface area (Å²) < 4.78 is 6.73. The van der Waals surface area contributed by atoms with E-state index in [2.05, 4.69) is 229 Å². The number of benzene rings is 9. The van der Waals surface area contributed by atoms with Crippen molar-refractivity contribution in [3.05, 3.63) is 247 Å². The third-order valence-electron chi connectivity index (χ3n) is 11.8. The van der Waals surface area contributed by atoms with Gasteiger partial charge in [0.2, 0.25) is 0 Å². The third-order valence-corrected chi connectivity index (χ3v) is 11.8. The molecule has 57 heavy (non-hydrogen) atoms. The molecular weight excluding hydrogens is 691 g/mol. The molecule has 1 aliphatic carbocycles. The summed E-state index contributed by atoms with van der Waals surface area (Å²) >= 11 is 0. The molecule has 0 unspecified atom stereocenters. The first kappa shape index (κ1) is 33.0. The van der Waals surface area contributed by atoms with Crippen LogP contribution in [0.25, 0.3) is 55.3 Å². The summed E-state index contributed by atoms with van der Waals surface area (Å²) in [6.07, 6.45) is 0. The standard InChI is InChI=1S/C55H37NO/c1-5-17-38(18-6-1)40-31-34-44(35-32-40)56(50-29-16-30-51-54(50)46-36-33-41(37-52(46)57-51)39-19-7-2-8-20-39)49-28-15-27-48-53(49)45-25-13-14-26-47(45)55(48,42-21-9-3-10-22-42)43-23-11-4-12-24-43/h1-37H. The Morgan fingerprint density at radius 2 is 0.895 bits per heavy atom. The van der Waals surface area contributed by atoms with Crippen LogP contribution in [0.2, 0.25) is 0 Å². The van der Waals surface area contributed by atoms with Crippen LogP contribution in [0.3, 0.4) is 0 Å². The Hall–Kier alpha value is -7.42. The summed E-state index contributed by atoms with van der Waals surface area (Å²) in [4.78, 5) is 2.46. The number of hydrogen-bond donors (Lipinski definition) is 0. The van der Waals surface area contributed by atoms with Crippen LogP contribution in [0.4, 0.5) is 17.1 Å². The Labute approximate surface area is 332 Å². The molecule has 2 heteroatoms. The number of fused-ring (bicyclic) bond motifs is 6. The lowest BCUT2D eigenvalue weighted by Gasteiger charge is -2.34. The predicted octanol–water partition coefficient (Wildman–Crippen LogP) is 14.8. The molecule has 2 nitrogen and oxygen atoms in total. The van der Waals surface area contributed by atoms with Gasteiger partial charge in [-0.25, -0.2) is 0 Å². The maximum absolute atomic E-state index is 6.73. The lowest BCUT2D eigenvalue weighted by Crippen LogP contribution is -2.28. The van der Waals surface area contributed by atoms with Crippen LogP contribution >= 0.6 is 0 Å². The third kappa shape index (κ3) is 5.18. The highest BCUT2D eigenvalue weighted by molar-refractivity contribution is 6.15. The number of nitrogens with zero attached hydrogens (tertiary/aromatic N) is 1. The fourth-order valence-electron chi connectivity index (χ4n) is 9.31. The SMILES string of the molecule is c1ccc(-c2ccc(N(c3cccc4c3-c3ccccc3C4(c3ccccc3)c3ccccc3)c3cccc4oc5cc(-c6ccccc6)ccc5c34)cc2)cc1. The highest BCUT2D eigenvalue weighted by Gasteiger charge is 2.47. The Kier molecular flexibility index (Phi) is 7.75. The van der Waals surface area contributed by atoms with Crippen molar-refractivity contribution in [1.29, 1.82) is 0 Å². The van der Waals surface area contributed by atoms with Gasteiger partial charge in [-0.15, -0.1) is 0 Å². The van der Waals surface area contributed by atoms with E-state index in [1.165, 1.54) is 50.1 Å². The zero-order valence-corrected chi connectivity index (χ0v) is 31.2. The molecular formula is C55H37NO. The van der Waals surface area contributed by atoms with E-state index in [-0.39, 0.29) is 0 Å². The van der Waals surface area contributed by atoms with Gasteiger partial charge in [0.25, 0.3) is 0 Å². The van der Waals surface area contributed by atoms with E-state index in [4.69, 9.17) is 4.42 Å². The normalized spacial score (nSPS) is 12.7. The molecule has 1 aliphatic rings. The summed E-state index contributed by atoms with van der Waals surface area (Å²) in [5.74, 6) is 0. The second-order valence-corrected chi connectivity index (χ2v) is 14.8. The number of furan rings is 1. The van der Waals surface area contributed by atoms with Gasteiger partial charge in [-0.1, -0.05) is 182 Å². The Balaban J connectivity index is 1.20. The molecule has 0 aliphatic heterocycles. The summed E-state index contributed by atoms with van der Waals surface area (Å²) in [5.41, 5.74) is 16.6. The average Bonchev–Trinajstić information content (AvgIpc) is 3.82. The molecule has 1 heterocycles. The van der Waals surface area contributed by atoms with Crippen molar-refractivity contribution in [2.45, 2.75) is 5.41 Å². The van der Waals surface area contributed by atoms with Crippen LogP contribution < -0.4 is 4.90 Å². The van der Waals surface area contributed by atoms with Gasteiger partial charge in [0.15, 0.2) is 0 Å². The fourth-order valence-corrected chi connectivity index (χ4v) is 9.31. The van der Waals surface area contributed by atoms with Gasteiger partial charge in [0.1, 0.15) is 11.2 Å². The lowest BCUT2D eigenvalue weighted by molar-refractivity contribution is 0.669. The molecule has 0 saturated carbocycles. The van der Waals surface area contributed by atoms with Crippen molar-refractivity contribution in [2.75, 3.05) is 4.90 Å². The molecule has 0 spiro atoms. The second kappa shape index (κ2) is 13.4. The highest BCUT2D eigenvalue weighted by Crippen LogP contribution is 2.60. The van der Waals surface area contributed by atoms with Gasteiger partial charge in [-0.05, 0) is 92.5 Å². The van der Waals surface area contributed by atoms with Gasteiger partial charge in [0, 0.05) is 16.6 Å². The molecule has 1 aromatic heterocycles. The van der Waals surface area contributed by atoms with E-state index in [0.29, 0.717) is 0 Å². The molecule has 0 fully saturated rings. The molecule has 10 aromatic rings. The summed E-state index contributed by atoms with van der Waals surface area (Å²) in [6, 6.07) is 81.1. The van der Waals surface area contributed by atoms with Gasteiger partial charge in [0.05, 0.1) is 22.2 Å². The molecule has 9 aromatic carbocycles. The maximum atomic E-state index is 6.73. The molecule has 0 amide bonds. The van der Waals surface area contributed by atoms with Crippen molar-refractivity contribution >= 4 is 39.0 Å². The van der Waals surface area contributed by atoms with Gasteiger partial charge in [-0.2, -0.15) is 0 Å². The van der Waals surface area contributed by atoms with Gasteiger partial charge >= 0.3 is 0 Å². The highest BCUT2D eigenvalue weighted by atomic mass is 16.3. The van der Waals surface area contributed by atoms with Crippen LogP contribution in [-0.4, -0.2) is 0 Å². The Morgan fingerprint density at radius 1 is 0.368 bits per heavy atom. The first-order valence-electron chi connectivity index (χ1n) is 19.6. The molecule has 0 bridgehead atoms. The minimum absolute atomic E-state index is 0.518. The first-order valence-corrected chi connectivity index (χ1v) is 19.6. The maximum Gasteiger partial charge on any atom is 0.137 e. The quantitative estimate of drug-likeness (QED) is 0.163. The van der Waals surface area contributed by atoms with Crippen molar-refractivity contribution < 1.29 is 4.42 Å². The number of rotatable bonds is 7. The zero-order chi connectivity index (χ0) is 37.8. The molecule has 268 valence electrons. The van der Waals surface area contributed by atoms with Crippen LogP contribution in [0.15, 0.2) is 229 Å². The van der Waals surface area contributed by atoms with Crippen LogP contribution in [0.5, 0.6) is 0 Å². The smallest absolute Gasteiger partial charge is 0.137 e. The largest absolute Gasteiger partial charge is 0.456 e. The number of hydrogen-bond acceptors (Lipinski definition) is 2. The summed E-state index contributed by atoms with van der Waals surface area (Å²) in [7, 11) is 0. The van der Waals surface area contributed by atoms with E-state index in [1.807, 2.05) is 0 Å². The van der Waals surface area contributed by atoms with Gasteiger partial charge < -0.3 is 9.32 Å². The first-order chi connectivity index (χ1) is 28.3.